The molecule has 0 fully saturated rings. The second kappa shape index (κ2) is 8.10. The van der Waals surface area contributed by atoms with Gasteiger partial charge in [-0.15, -0.1) is 10.2 Å². The van der Waals surface area contributed by atoms with Gasteiger partial charge >= 0.3 is 6.09 Å². The molecule has 0 saturated carbocycles. The van der Waals surface area contributed by atoms with Crippen LogP contribution < -0.4 is 10.1 Å². The van der Waals surface area contributed by atoms with Crippen molar-refractivity contribution in [2.24, 2.45) is 0 Å². The van der Waals surface area contributed by atoms with Crippen molar-refractivity contribution in [3.63, 3.8) is 0 Å². The highest BCUT2D eigenvalue weighted by Crippen LogP contribution is 2.18. The predicted molar refractivity (Wildman–Crippen MR) is 94.8 cm³/mol. The molecule has 2 aromatic rings. The molecule has 24 heavy (non-hydrogen) atoms. The SMILES string of the molecule is CCc1ccc(OCCc2nnc(NC(=O)OC(C)(C)C)s2)cc1. The van der Waals surface area contributed by atoms with Crippen molar-refractivity contribution >= 4 is 22.6 Å². The molecule has 0 spiro atoms. The first-order chi connectivity index (χ1) is 11.4. The van der Waals surface area contributed by atoms with E-state index in [9.17, 15) is 4.79 Å². The van der Waals surface area contributed by atoms with E-state index in [0.717, 1.165) is 17.2 Å². The Balaban J connectivity index is 1.77. The number of ether oxygens (including phenoxy) is 2. The highest BCUT2D eigenvalue weighted by atomic mass is 32.1. The molecule has 0 radical (unpaired) electrons. The summed E-state index contributed by atoms with van der Waals surface area (Å²) in [5.41, 5.74) is 0.739. The normalized spacial score (nSPS) is 11.2. The number of aryl methyl sites for hydroxylation is 1. The fraction of sp³-hybridized carbons (Fsp3) is 0.471. The number of nitrogens with one attached hydrogen (secondary N) is 1. The standard InChI is InChI=1S/C17H23N3O3S/c1-5-12-6-8-13(9-7-12)22-11-10-14-19-20-15(24-14)18-16(21)23-17(2,3)4/h6-9H,5,10-11H2,1-4H3,(H,18,20,21). The monoisotopic (exact) mass is 349 g/mol. The first-order valence-electron chi connectivity index (χ1n) is 7.90. The lowest BCUT2D eigenvalue weighted by molar-refractivity contribution is 0.0636. The summed E-state index contributed by atoms with van der Waals surface area (Å²) in [4.78, 5) is 11.7. The fourth-order valence-corrected chi connectivity index (χ4v) is 2.58. The summed E-state index contributed by atoms with van der Waals surface area (Å²) in [7, 11) is 0. The summed E-state index contributed by atoms with van der Waals surface area (Å²) < 4.78 is 10.9. The summed E-state index contributed by atoms with van der Waals surface area (Å²) in [5.74, 6) is 0.837. The largest absolute Gasteiger partial charge is 0.493 e. The minimum Gasteiger partial charge on any atom is -0.493 e. The molecule has 0 saturated heterocycles. The lowest BCUT2D eigenvalue weighted by Crippen LogP contribution is -2.27. The average molecular weight is 349 g/mol. The molecule has 0 aliphatic rings. The van der Waals surface area contributed by atoms with Crippen LogP contribution in [0.15, 0.2) is 24.3 Å². The zero-order valence-corrected chi connectivity index (χ0v) is 15.3. The van der Waals surface area contributed by atoms with Gasteiger partial charge in [-0.3, -0.25) is 5.32 Å². The van der Waals surface area contributed by atoms with Crippen LogP contribution >= 0.6 is 11.3 Å². The zero-order valence-electron chi connectivity index (χ0n) is 14.5. The minimum absolute atomic E-state index is 0.423. The van der Waals surface area contributed by atoms with Gasteiger partial charge in [-0.05, 0) is 44.9 Å². The number of anilines is 1. The Morgan fingerprint density at radius 1 is 1.21 bits per heavy atom. The number of nitrogens with zero attached hydrogens (tertiary/aromatic N) is 2. The molecule has 1 aromatic carbocycles. The Hall–Kier alpha value is -2.15. The first-order valence-corrected chi connectivity index (χ1v) is 8.71. The van der Waals surface area contributed by atoms with Gasteiger partial charge in [-0.1, -0.05) is 30.4 Å². The van der Waals surface area contributed by atoms with Crippen LogP contribution in [0.4, 0.5) is 9.93 Å². The van der Waals surface area contributed by atoms with Crippen LogP contribution in [0.1, 0.15) is 38.3 Å². The third-order valence-electron chi connectivity index (χ3n) is 2.99. The summed E-state index contributed by atoms with van der Waals surface area (Å²) in [6.07, 6.45) is 1.11. The van der Waals surface area contributed by atoms with Gasteiger partial charge in [0, 0.05) is 6.42 Å². The van der Waals surface area contributed by atoms with Crippen LogP contribution in [-0.2, 0) is 17.6 Å². The molecule has 0 aliphatic heterocycles. The number of hydrogen-bond acceptors (Lipinski definition) is 6. The van der Waals surface area contributed by atoms with Gasteiger partial charge in [0.1, 0.15) is 16.4 Å². The molecule has 0 aliphatic carbocycles. The Morgan fingerprint density at radius 3 is 2.54 bits per heavy atom. The van der Waals surface area contributed by atoms with Crippen molar-refractivity contribution in [3.05, 3.63) is 34.8 Å². The second-order valence-electron chi connectivity index (χ2n) is 6.22. The molecule has 1 heterocycles. The van der Waals surface area contributed by atoms with Gasteiger partial charge < -0.3 is 9.47 Å². The smallest absolute Gasteiger partial charge is 0.414 e. The molecule has 130 valence electrons. The third kappa shape index (κ3) is 6.16. The van der Waals surface area contributed by atoms with E-state index in [0.29, 0.717) is 18.2 Å². The topological polar surface area (TPSA) is 73.3 Å². The van der Waals surface area contributed by atoms with E-state index in [-0.39, 0.29) is 0 Å². The maximum Gasteiger partial charge on any atom is 0.414 e. The van der Waals surface area contributed by atoms with E-state index >= 15 is 0 Å². The molecule has 7 heteroatoms. The Labute approximate surface area is 146 Å². The minimum atomic E-state index is -0.543. The van der Waals surface area contributed by atoms with Crippen molar-refractivity contribution in [1.29, 1.82) is 0 Å². The van der Waals surface area contributed by atoms with Crippen molar-refractivity contribution in [2.45, 2.75) is 46.1 Å². The molecule has 2 rings (SSSR count). The van der Waals surface area contributed by atoms with Gasteiger partial charge in [0.15, 0.2) is 0 Å². The second-order valence-corrected chi connectivity index (χ2v) is 7.29. The molecule has 0 atom stereocenters. The summed E-state index contributed by atoms with van der Waals surface area (Å²) in [6.45, 7) is 8.05. The predicted octanol–water partition coefficient (Wildman–Crippen LogP) is 4.07. The maximum absolute atomic E-state index is 11.7. The lowest BCUT2D eigenvalue weighted by atomic mass is 10.2. The van der Waals surface area contributed by atoms with Crippen molar-refractivity contribution in [2.75, 3.05) is 11.9 Å². The quantitative estimate of drug-likeness (QED) is 0.851. The van der Waals surface area contributed by atoms with Crippen molar-refractivity contribution < 1.29 is 14.3 Å². The van der Waals surface area contributed by atoms with E-state index in [1.807, 2.05) is 32.9 Å². The molecular weight excluding hydrogens is 326 g/mol. The van der Waals surface area contributed by atoms with E-state index < -0.39 is 11.7 Å². The average Bonchev–Trinajstić information content (AvgIpc) is 2.93. The van der Waals surface area contributed by atoms with Crippen LogP contribution in [0.5, 0.6) is 5.75 Å². The highest BCUT2D eigenvalue weighted by Gasteiger charge is 2.17. The summed E-state index contributed by atoms with van der Waals surface area (Å²) >= 11 is 1.31. The first kappa shape index (κ1) is 18.2. The maximum atomic E-state index is 11.7. The molecule has 1 N–H and O–H groups in total. The van der Waals surface area contributed by atoms with Gasteiger partial charge in [0.25, 0.3) is 0 Å². The number of carbonyl (C=O) groups excluding carboxylic acids is 1. The summed E-state index contributed by atoms with van der Waals surface area (Å²) in [6, 6.07) is 8.05. The van der Waals surface area contributed by atoms with Crippen LogP contribution in [0.2, 0.25) is 0 Å². The number of hydrogen-bond donors (Lipinski definition) is 1. The van der Waals surface area contributed by atoms with Crippen LogP contribution in [0.3, 0.4) is 0 Å². The van der Waals surface area contributed by atoms with Crippen LogP contribution in [0, 0.1) is 0 Å². The summed E-state index contributed by atoms with van der Waals surface area (Å²) in [5, 5.41) is 11.8. The molecule has 0 unspecified atom stereocenters. The molecule has 1 aromatic heterocycles. The van der Waals surface area contributed by atoms with Crippen LogP contribution in [0.25, 0.3) is 0 Å². The van der Waals surface area contributed by atoms with Crippen molar-refractivity contribution in [1.82, 2.24) is 10.2 Å². The molecule has 1 amide bonds. The number of rotatable bonds is 6. The van der Waals surface area contributed by atoms with E-state index in [1.54, 1.807) is 0 Å². The number of benzene rings is 1. The molecular formula is C17H23N3O3S. The van der Waals surface area contributed by atoms with Gasteiger partial charge in [0.05, 0.1) is 6.61 Å². The van der Waals surface area contributed by atoms with E-state index in [2.05, 4.69) is 34.6 Å². The lowest BCUT2D eigenvalue weighted by Gasteiger charge is -2.18. The zero-order chi connectivity index (χ0) is 17.6. The third-order valence-corrected chi connectivity index (χ3v) is 3.89. The van der Waals surface area contributed by atoms with Gasteiger partial charge in [-0.25, -0.2) is 4.79 Å². The Kier molecular flexibility index (Phi) is 6.14. The molecule has 6 nitrogen and oxygen atoms in total. The van der Waals surface area contributed by atoms with Crippen LogP contribution in [-0.4, -0.2) is 28.5 Å². The highest BCUT2D eigenvalue weighted by molar-refractivity contribution is 7.15. The van der Waals surface area contributed by atoms with Gasteiger partial charge in [0.2, 0.25) is 5.13 Å². The van der Waals surface area contributed by atoms with E-state index in [4.69, 9.17) is 9.47 Å². The molecule has 0 bridgehead atoms. The van der Waals surface area contributed by atoms with Gasteiger partial charge in [-0.2, -0.15) is 0 Å². The number of amides is 1. The van der Waals surface area contributed by atoms with E-state index in [1.165, 1.54) is 16.9 Å². The Bertz CT molecular complexity index is 662. The number of aromatic nitrogens is 2. The fourth-order valence-electron chi connectivity index (χ4n) is 1.87. The van der Waals surface area contributed by atoms with Crippen molar-refractivity contribution in [3.8, 4) is 5.75 Å². The Morgan fingerprint density at radius 2 is 1.92 bits per heavy atom. The number of carbonyl (C=O) groups is 1.